The summed E-state index contributed by atoms with van der Waals surface area (Å²) in [5.41, 5.74) is 2.80. The van der Waals surface area contributed by atoms with Crippen molar-refractivity contribution in [3.05, 3.63) is 88.5 Å². The summed E-state index contributed by atoms with van der Waals surface area (Å²) in [6.45, 7) is 5.91. The second kappa shape index (κ2) is 7.07. The van der Waals surface area contributed by atoms with Crippen LogP contribution in [0.1, 0.15) is 49.1 Å². The zero-order valence-electron chi connectivity index (χ0n) is 18.1. The van der Waals surface area contributed by atoms with Crippen LogP contribution in [0, 0.1) is 11.6 Å². The molecule has 0 amide bonds. The molecule has 1 atom stereocenters. The first kappa shape index (κ1) is 21.5. The molecule has 0 spiro atoms. The van der Waals surface area contributed by atoms with Gasteiger partial charge in [-0.05, 0) is 61.7 Å². The molecule has 2 heterocycles. The summed E-state index contributed by atoms with van der Waals surface area (Å²) in [6.07, 6.45) is -3.55. The zero-order chi connectivity index (χ0) is 23.7. The van der Waals surface area contributed by atoms with E-state index in [1.807, 2.05) is 32.9 Å². The first-order chi connectivity index (χ1) is 15.4. The molecule has 33 heavy (non-hydrogen) atoms. The molecule has 1 unspecified atom stereocenters. The second-order valence-corrected chi connectivity index (χ2v) is 9.01. The van der Waals surface area contributed by atoms with Crippen molar-refractivity contribution in [1.82, 2.24) is 0 Å². The minimum atomic E-state index is -4.54. The molecule has 1 N–H and O–H groups in total. The fourth-order valence-electron chi connectivity index (χ4n) is 4.82. The molecule has 0 saturated heterocycles. The van der Waals surface area contributed by atoms with Gasteiger partial charge in [0, 0.05) is 28.4 Å². The van der Waals surface area contributed by atoms with E-state index in [2.05, 4.69) is 5.32 Å². The third kappa shape index (κ3) is 3.56. The van der Waals surface area contributed by atoms with Gasteiger partial charge in [-0.25, -0.2) is 8.78 Å². The molecule has 2 nitrogen and oxygen atoms in total. The molecular weight excluding hydrogens is 437 g/mol. The highest BCUT2D eigenvalue weighted by Gasteiger charge is 2.37. The van der Waals surface area contributed by atoms with Gasteiger partial charge in [0.1, 0.15) is 5.82 Å². The van der Waals surface area contributed by atoms with E-state index >= 15 is 0 Å². The number of fused-ring (bicyclic) bond motifs is 5. The molecule has 0 fully saturated rings. The SMILES string of the molecule is CC1=CC(C)(C)Nc2ccc3c(c21)C(c1cccc(C(F)(F)F)c1)Oc1c(F)cc(F)cc1-3. The van der Waals surface area contributed by atoms with Crippen LogP contribution in [-0.4, -0.2) is 5.54 Å². The van der Waals surface area contributed by atoms with Crippen LogP contribution in [0.5, 0.6) is 5.75 Å². The Kier molecular flexibility index (Phi) is 4.61. The van der Waals surface area contributed by atoms with E-state index in [1.165, 1.54) is 18.2 Å². The molecule has 3 aromatic carbocycles. The Morgan fingerprint density at radius 2 is 1.73 bits per heavy atom. The molecule has 0 aliphatic carbocycles. The minimum absolute atomic E-state index is 0.183. The summed E-state index contributed by atoms with van der Waals surface area (Å²) in [6, 6.07) is 10.3. The third-order valence-corrected chi connectivity index (χ3v) is 5.99. The highest BCUT2D eigenvalue weighted by atomic mass is 19.4. The van der Waals surface area contributed by atoms with Gasteiger partial charge < -0.3 is 10.1 Å². The topological polar surface area (TPSA) is 21.3 Å². The van der Waals surface area contributed by atoms with Gasteiger partial charge in [-0.2, -0.15) is 13.2 Å². The van der Waals surface area contributed by atoms with E-state index in [0.29, 0.717) is 17.2 Å². The Balaban J connectivity index is 1.81. The van der Waals surface area contributed by atoms with Gasteiger partial charge in [0.05, 0.1) is 11.1 Å². The molecule has 2 aliphatic heterocycles. The lowest BCUT2D eigenvalue weighted by molar-refractivity contribution is -0.137. The van der Waals surface area contributed by atoms with E-state index in [0.717, 1.165) is 29.0 Å². The Morgan fingerprint density at radius 3 is 2.45 bits per heavy atom. The van der Waals surface area contributed by atoms with Gasteiger partial charge in [0.2, 0.25) is 0 Å². The van der Waals surface area contributed by atoms with Gasteiger partial charge in [-0.1, -0.05) is 24.3 Å². The number of nitrogens with one attached hydrogen (secondary N) is 1. The number of alkyl halides is 3. The van der Waals surface area contributed by atoms with Crippen molar-refractivity contribution in [3.8, 4) is 16.9 Å². The van der Waals surface area contributed by atoms with Gasteiger partial charge >= 0.3 is 6.18 Å². The molecule has 0 saturated carbocycles. The average molecular weight is 457 g/mol. The molecule has 2 aliphatic rings. The van der Waals surface area contributed by atoms with Crippen LogP contribution in [-0.2, 0) is 6.18 Å². The largest absolute Gasteiger partial charge is 0.477 e. The van der Waals surface area contributed by atoms with Crippen LogP contribution in [0.15, 0.2) is 54.6 Å². The van der Waals surface area contributed by atoms with Crippen LogP contribution in [0.2, 0.25) is 0 Å². The standard InChI is InChI=1S/C26H20F5NO/c1-13-12-25(2,3)32-20-8-7-17-18-10-16(27)11-19(28)24(18)33-23(22(17)21(13)20)14-5-4-6-15(9-14)26(29,30)31/h4-12,23,32H,1-3H3. The van der Waals surface area contributed by atoms with Crippen molar-refractivity contribution in [2.45, 2.75) is 38.6 Å². The fraction of sp³-hybridized carbons (Fsp3) is 0.231. The molecule has 0 radical (unpaired) electrons. The molecule has 5 rings (SSSR count). The third-order valence-electron chi connectivity index (χ3n) is 5.99. The van der Waals surface area contributed by atoms with E-state index in [1.54, 1.807) is 6.07 Å². The summed E-state index contributed by atoms with van der Waals surface area (Å²) < 4.78 is 75.2. The number of allylic oxidation sites excluding steroid dienone is 1. The number of anilines is 1. The summed E-state index contributed by atoms with van der Waals surface area (Å²) in [5, 5.41) is 3.41. The maximum Gasteiger partial charge on any atom is 0.416 e. The predicted octanol–water partition coefficient (Wildman–Crippen LogP) is 7.74. The Morgan fingerprint density at radius 1 is 0.970 bits per heavy atom. The predicted molar refractivity (Wildman–Crippen MR) is 117 cm³/mol. The zero-order valence-corrected chi connectivity index (χ0v) is 18.1. The molecular formula is C26H20F5NO. The summed E-state index contributed by atoms with van der Waals surface area (Å²) >= 11 is 0. The highest BCUT2D eigenvalue weighted by molar-refractivity contribution is 5.90. The van der Waals surface area contributed by atoms with E-state index in [4.69, 9.17) is 4.74 Å². The lowest BCUT2D eigenvalue weighted by atomic mass is 9.80. The number of rotatable bonds is 1. The minimum Gasteiger partial charge on any atom is -0.477 e. The van der Waals surface area contributed by atoms with Crippen LogP contribution in [0.3, 0.4) is 0 Å². The Hall–Kier alpha value is -3.35. The van der Waals surface area contributed by atoms with E-state index < -0.39 is 29.5 Å². The monoisotopic (exact) mass is 457 g/mol. The van der Waals surface area contributed by atoms with Crippen LogP contribution < -0.4 is 10.1 Å². The Labute approximate surface area is 187 Å². The lowest BCUT2D eigenvalue weighted by Gasteiger charge is -2.37. The van der Waals surface area contributed by atoms with Crippen LogP contribution in [0.25, 0.3) is 16.7 Å². The average Bonchev–Trinajstić information content (AvgIpc) is 2.71. The molecule has 0 bridgehead atoms. The van der Waals surface area contributed by atoms with E-state index in [9.17, 15) is 22.0 Å². The fourth-order valence-corrected chi connectivity index (χ4v) is 4.82. The maximum absolute atomic E-state index is 14.7. The lowest BCUT2D eigenvalue weighted by Crippen LogP contribution is -2.32. The van der Waals surface area contributed by atoms with Crippen LogP contribution in [0.4, 0.5) is 27.6 Å². The normalized spacial score (nSPS) is 18.3. The maximum atomic E-state index is 14.7. The second-order valence-electron chi connectivity index (χ2n) is 9.01. The highest BCUT2D eigenvalue weighted by Crippen LogP contribution is 2.51. The van der Waals surface area contributed by atoms with Gasteiger partial charge in [-0.15, -0.1) is 0 Å². The summed E-state index contributed by atoms with van der Waals surface area (Å²) in [4.78, 5) is 0. The van der Waals surface area contributed by atoms with Crippen molar-refractivity contribution in [1.29, 1.82) is 0 Å². The van der Waals surface area contributed by atoms with Crippen molar-refractivity contribution in [2.75, 3.05) is 5.32 Å². The van der Waals surface area contributed by atoms with Crippen LogP contribution >= 0.6 is 0 Å². The quantitative estimate of drug-likeness (QED) is 0.378. The number of benzene rings is 3. The van der Waals surface area contributed by atoms with Gasteiger partial charge in [0.25, 0.3) is 0 Å². The molecule has 3 aromatic rings. The molecule has 7 heteroatoms. The Bertz CT molecular complexity index is 1320. The first-order valence-electron chi connectivity index (χ1n) is 10.4. The smallest absolute Gasteiger partial charge is 0.416 e. The van der Waals surface area contributed by atoms with E-state index in [-0.39, 0.29) is 22.4 Å². The van der Waals surface area contributed by atoms with Gasteiger partial charge in [-0.3, -0.25) is 0 Å². The van der Waals surface area contributed by atoms with Crippen molar-refractivity contribution in [2.24, 2.45) is 0 Å². The molecule has 0 aromatic heterocycles. The van der Waals surface area contributed by atoms with Crippen molar-refractivity contribution >= 4 is 11.3 Å². The number of hydrogen-bond donors (Lipinski definition) is 1. The number of halogens is 5. The number of ether oxygens (including phenoxy) is 1. The van der Waals surface area contributed by atoms with Crippen molar-refractivity contribution in [3.63, 3.8) is 0 Å². The summed E-state index contributed by atoms with van der Waals surface area (Å²) in [5.74, 6) is -1.85. The van der Waals surface area contributed by atoms with Crippen molar-refractivity contribution < 1.29 is 26.7 Å². The summed E-state index contributed by atoms with van der Waals surface area (Å²) in [7, 11) is 0. The molecule has 170 valence electrons. The van der Waals surface area contributed by atoms with Gasteiger partial charge in [0.15, 0.2) is 17.7 Å². The number of hydrogen-bond acceptors (Lipinski definition) is 2. The first-order valence-corrected chi connectivity index (χ1v) is 10.4.